The number of carboxylic acid groups (broad SMARTS) is 1. The Balaban J connectivity index is 2.10. The molecule has 0 aromatic carbocycles. The molecule has 2 saturated heterocycles. The molecule has 4 heteroatoms. The van der Waals surface area contributed by atoms with Crippen LogP contribution in [0.25, 0.3) is 0 Å². The lowest BCUT2D eigenvalue weighted by Crippen LogP contribution is -2.56. The van der Waals surface area contributed by atoms with Crippen molar-refractivity contribution in [2.75, 3.05) is 13.2 Å². The lowest BCUT2D eigenvalue weighted by molar-refractivity contribution is -0.154. The van der Waals surface area contributed by atoms with E-state index in [4.69, 9.17) is 4.74 Å². The maximum atomic E-state index is 11.9. The minimum atomic E-state index is -0.615. The monoisotopic (exact) mass is 283 g/mol. The Morgan fingerprint density at radius 3 is 2.85 bits per heavy atom. The highest BCUT2D eigenvalue weighted by molar-refractivity contribution is 5.79. The zero-order chi connectivity index (χ0) is 14.6. The summed E-state index contributed by atoms with van der Waals surface area (Å²) in [6, 6.07) is 0.394. The van der Waals surface area contributed by atoms with Gasteiger partial charge >= 0.3 is 5.97 Å². The van der Waals surface area contributed by atoms with Crippen LogP contribution in [0.5, 0.6) is 0 Å². The van der Waals surface area contributed by atoms with Crippen LogP contribution in [0.3, 0.4) is 0 Å². The van der Waals surface area contributed by atoms with E-state index in [1.807, 2.05) is 0 Å². The standard InChI is InChI=1S/C16H29NO3/c1-3-6-14-12-13(7-11-20-14)17-10-5-9-16(17,8-4-2)15(18)19/h13-14H,3-12H2,1-2H3,(H,18,19). The maximum Gasteiger partial charge on any atom is 0.324 e. The van der Waals surface area contributed by atoms with E-state index in [-0.39, 0.29) is 0 Å². The number of carboxylic acids is 1. The highest BCUT2D eigenvalue weighted by atomic mass is 16.5. The first kappa shape index (κ1) is 15.8. The van der Waals surface area contributed by atoms with Crippen molar-refractivity contribution in [2.45, 2.75) is 82.9 Å². The van der Waals surface area contributed by atoms with Crippen LogP contribution in [0.2, 0.25) is 0 Å². The SMILES string of the molecule is CCCC1CC(N2CCCC2(CCC)C(=O)O)CCO1. The summed E-state index contributed by atoms with van der Waals surface area (Å²) in [7, 11) is 0. The number of hydrogen-bond donors (Lipinski definition) is 1. The number of aliphatic carboxylic acids is 1. The molecule has 2 fully saturated rings. The van der Waals surface area contributed by atoms with Gasteiger partial charge in [-0.3, -0.25) is 9.69 Å². The molecule has 1 N–H and O–H groups in total. The molecule has 116 valence electrons. The van der Waals surface area contributed by atoms with Crippen LogP contribution in [-0.4, -0.2) is 46.8 Å². The highest BCUT2D eigenvalue weighted by Crippen LogP contribution is 2.38. The molecule has 2 heterocycles. The molecule has 3 atom stereocenters. The summed E-state index contributed by atoms with van der Waals surface area (Å²) in [5, 5.41) is 9.79. The van der Waals surface area contributed by atoms with Crippen LogP contribution in [-0.2, 0) is 9.53 Å². The molecule has 4 nitrogen and oxygen atoms in total. The predicted molar refractivity (Wildman–Crippen MR) is 78.9 cm³/mol. The number of likely N-dealkylation sites (tertiary alicyclic amines) is 1. The van der Waals surface area contributed by atoms with Gasteiger partial charge in [0.05, 0.1) is 6.10 Å². The third-order valence-electron chi connectivity index (χ3n) is 4.99. The first-order chi connectivity index (χ1) is 9.64. The van der Waals surface area contributed by atoms with E-state index in [0.29, 0.717) is 12.1 Å². The summed E-state index contributed by atoms with van der Waals surface area (Å²) in [4.78, 5) is 14.2. The van der Waals surface area contributed by atoms with Crippen molar-refractivity contribution >= 4 is 5.97 Å². The Morgan fingerprint density at radius 1 is 1.40 bits per heavy atom. The molecule has 0 aromatic rings. The van der Waals surface area contributed by atoms with Crippen LogP contribution in [0.1, 0.15) is 65.2 Å². The van der Waals surface area contributed by atoms with Gasteiger partial charge in [-0.25, -0.2) is 0 Å². The molecule has 0 bridgehead atoms. The zero-order valence-electron chi connectivity index (χ0n) is 12.9. The van der Waals surface area contributed by atoms with Crippen LogP contribution in [0, 0.1) is 0 Å². The molecule has 20 heavy (non-hydrogen) atoms. The quantitative estimate of drug-likeness (QED) is 0.814. The van der Waals surface area contributed by atoms with Crippen molar-refractivity contribution in [3.8, 4) is 0 Å². The minimum Gasteiger partial charge on any atom is -0.480 e. The van der Waals surface area contributed by atoms with Gasteiger partial charge in [-0.1, -0.05) is 26.7 Å². The molecule has 2 aliphatic heterocycles. The Bertz CT molecular complexity index is 332. The molecule has 0 aliphatic carbocycles. The molecule has 0 radical (unpaired) electrons. The van der Waals surface area contributed by atoms with Gasteiger partial charge < -0.3 is 9.84 Å². The van der Waals surface area contributed by atoms with Gasteiger partial charge in [0.1, 0.15) is 5.54 Å². The number of hydrogen-bond acceptors (Lipinski definition) is 3. The number of rotatable bonds is 6. The first-order valence-electron chi connectivity index (χ1n) is 8.25. The zero-order valence-corrected chi connectivity index (χ0v) is 12.9. The van der Waals surface area contributed by atoms with E-state index in [9.17, 15) is 9.90 Å². The summed E-state index contributed by atoms with van der Waals surface area (Å²) in [6.07, 6.45) is 8.09. The molecule has 0 saturated carbocycles. The van der Waals surface area contributed by atoms with Gasteiger partial charge in [0.2, 0.25) is 0 Å². The van der Waals surface area contributed by atoms with Gasteiger partial charge in [0, 0.05) is 12.6 Å². The summed E-state index contributed by atoms with van der Waals surface area (Å²) in [6.45, 7) is 6.00. The second-order valence-corrected chi connectivity index (χ2v) is 6.34. The van der Waals surface area contributed by atoms with Gasteiger partial charge in [-0.15, -0.1) is 0 Å². The van der Waals surface area contributed by atoms with Crippen molar-refractivity contribution in [1.29, 1.82) is 0 Å². The third-order valence-corrected chi connectivity index (χ3v) is 4.99. The number of nitrogens with zero attached hydrogens (tertiary/aromatic N) is 1. The molecule has 0 spiro atoms. The lowest BCUT2D eigenvalue weighted by Gasteiger charge is -2.43. The van der Waals surface area contributed by atoms with E-state index in [0.717, 1.165) is 64.5 Å². The molecule has 2 aliphatic rings. The fraction of sp³-hybridized carbons (Fsp3) is 0.938. The van der Waals surface area contributed by atoms with E-state index in [2.05, 4.69) is 18.7 Å². The minimum absolute atomic E-state index is 0.326. The van der Waals surface area contributed by atoms with Crippen molar-refractivity contribution in [3.63, 3.8) is 0 Å². The normalized spacial score (nSPS) is 35.3. The van der Waals surface area contributed by atoms with E-state index < -0.39 is 11.5 Å². The van der Waals surface area contributed by atoms with Gasteiger partial charge in [0.25, 0.3) is 0 Å². The van der Waals surface area contributed by atoms with Crippen LogP contribution < -0.4 is 0 Å². The number of carbonyl (C=O) groups is 1. The second-order valence-electron chi connectivity index (χ2n) is 6.34. The molecule has 3 unspecified atom stereocenters. The Hall–Kier alpha value is -0.610. The largest absolute Gasteiger partial charge is 0.480 e. The van der Waals surface area contributed by atoms with Crippen molar-refractivity contribution in [2.24, 2.45) is 0 Å². The summed E-state index contributed by atoms with van der Waals surface area (Å²) >= 11 is 0. The first-order valence-corrected chi connectivity index (χ1v) is 8.25. The van der Waals surface area contributed by atoms with Gasteiger partial charge in [-0.05, 0) is 45.1 Å². The lowest BCUT2D eigenvalue weighted by atomic mass is 9.87. The highest BCUT2D eigenvalue weighted by Gasteiger charge is 2.49. The van der Waals surface area contributed by atoms with E-state index in [1.165, 1.54) is 0 Å². The Morgan fingerprint density at radius 2 is 2.20 bits per heavy atom. The summed E-state index contributed by atoms with van der Waals surface area (Å²) < 4.78 is 5.82. The average Bonchev–Trinajstić information content (AvgIpc) is 2.85. The summed E-state index contributed by atoms with van der Waals surface area (Å²) in [5.74, 6) is -0.615. The molecule has 2 rings (SSSR count). The van der Waals surface area contributed by atoms with E-state index >= 15 is 0 Å². The number of ether oxygens (including phenoxy) is 1. The van der Waals surface area contributed by atoms with Gasteiger partial charge in [0.15, 0.2) is 0 Å². The van der Waals surface area contributed by atoms with Crippen LogP contribution in [0.15, 0.2) is 0 Å². The van der Waals surface area contributed by atoms with Crippen molar-refractivity contribution in [1.82, 2.24) is 4.90 Å². The second kappa shape index (κ2) is 6.90. The molecular weight excluding hydrogens is 254 g/mol. The topological polar surface area (TPSA) is 49.8 Å². The molecule has 0 amide bonds. The molecular formula is C16H29NO3. The van der Waals surface area contributed by atoms with Crippen molar-refractivity contribution in [3.05, 3.63) is 0 Å². The van der Waals surface area contributed by atoms with Crippen LogP contribution in [0.4, 0.5) is 0 Å². The Labute approximate surface area is 122 Å². The van der Waals surface area contributed by atoms with Crippen molar-refractivity contribution < 1.29 is 14.6 Å². The fourth-order valence-electron chi connectivity index (χ4n) is 4.12. The fourth-order valence-corrected chi connectivity index (χ4v) is 4.12. The smallest absolute Gasteiger partial charge is 0.324 e. The predicted octanol–water partition coefficient (Wildman–Crippen LogP) is 3.05. The maximum absolute atomic E-state index is 11.9. The average molecular weight is 283 g/mol. The van der Waals surface area contributed by atoms with Crippen LogP contribution >= 0.6 is 0 Å². The Kier molecular flexibility index (Phi) is 5.44. The third kappa shape index (κ3) is 3.01. The van der Waals surface area contributed by atoms with E-state index in [1.54, 1.807) is 0 Å². The van der Waals surface area contributed by atoms with Gasteiger partial charge in [-0.2, -0.15) is 0 Å². The molecule has 0 aromatic heterocycles. The summed E-state index contributed by atoms with van der Waals surface area (Å²) in [5.41, 5.74) is -0.604.